The van der Waals surface area contributed by atoms with Crippen molar-refractivity contribution in [2.75, 3.05) is 36.6 Å². The highest BCUT2D eigenvalue weighted by atomic mass is 35.5. The van der Waals surface area contributed by atoms with E-state index in [2.05, 4.69) is 75.0 Å². The number of hydrogen-bond acceptors (Lipinski definition) is 4. The van der Waals surface area contributed by atoms with Gasteiger partial charge in [-0.1, -0.05) is 31.5 Å². The van der Waals surface area contributed by atoms with Crippen molar-refractivity contribution in [3.05, 3.63) is 77.3 Å². The molecule has 5 rings (SSSR count). The van der Waals surface area contributed by atoms with Gasteiger partial charge in [-0.2, -0.15) is 0 Å². The molecule has 1 N–H and O–H groups in total. The Morgan fingerprint density at radius 2 is 1.92 bits per heavy atom. The zero-order valence-corrected chi connectivity index (χ0v) is 22.7. The lowest BCUT2D eigenvalue weighted by molar-refractivity contribution is 0.186. The van der Waals surface area contributed by atoms with E-state index in [-0.39, 0.29) is 12.1 Å². The summed E-state index contributed by atoms with van der Waals surface area (Å²) in [4.78, 5) is 9.28. The van der Waals surface area contributed by atoms with Gasteiger partial charge in [0.25, 0.3) is 0 Å². The number of pyridine rings is 1. The highest BCUT2D eigenvalue weighted by Crippen LogP contribution is 2.43. The number of nitrogens with zero attached hydrogens (tertiary/aromatic N) is 4. The van der Waals surface area contributed by atoms with E-state index in [9.17, 15) is 0 Å². The molecular weight excluding hydrogens is 490 g/mol. The molecule has 0 amide bonds. The normalized spacial score (nSPS) is 24.3. The number of methoxy groups -OCH3 is 1. The first-order valence-corrected chi connectivity index (χ1v) is 13.4. The van der Waals surface area contributed by atoms with Crippen molar-refractivity contribution >= 4 is 40.3 Å². The smallest absolute Gasteiger partial charge is 0.174 e. The molecule has 2 fully saturated rings. The van der Waals surface area contributed by atoms with Crippen molar-refractivity contribution in [3.8, 4) is 0 Å². The maximum Gasteiger partial charge on any atom is 0.174 e. The summed E-state index contributed by atoms with van der Waals surface area (Å²) >= 11 is 12.9. The van der Waals surface area contributed by atoms with Crippen molar-refractivity contribution in [2.24, 2.45) is 11.8 Å². The minimum Gasteiger partial charge on any atom is -0.383 e. The van der Waals surface area contributed by atoms with Crippen LogP contribution in [-0.4, -0.2) is 41.5 Å². The summed E-state index contributed by atoms with van der Waals surface area (Å²) in [5.74, 6) is 1.31. The number of benzene rings is 1. The fourth-order valence-corrected chi connectivity index (χ4v) is 6.42. The van der Waals surface area contributed by atoms with Gasteiger partial charge in [0.05, 0.1) is 29.1 Å². The first-order chi connectivity index (χ1) is 17.5. The number of thiocarbonyl (C=S) groups is 1. The number of rotatable bonds is 7. The molecule has 4 heterocycles. The van der Waals surface area contributed by atoms with Crippen molar-refractivity contribution in [3.63, 3.8) is 0 Å². The molecule has 0 aliphatic carbocycles. The van der Waals surface area contributed by atoms with E-state index in [1.54, 1.807) is 7.11 Å². The Hall–Kier alpha value is -2.61. The van der Waals surface area contributed by atoms with Crippen LogP contribution >= 0.6 is 23.8 Å². The van der Waals surface area contributed by atoms with Crippen molar-refractivity contribution in [1.82, 2.24) is 14.9 Å². The highest BCUT2D eigenvalue weighted by molar-refractivity contribution is 7.80. The standard InChI is InChI=1S/C28H34ClN5OS/c1-19-15-20(2)18-33(17-19)24-10-9-21(16-22(24)29)34-27(25-8-6-12-32(25)13-14-35-3)26(31-28(34)36)23-7-4-5-11-30-23/h4-12,16,19-20,26-27H,13-15,17-18H2,1-3H3,(H,31,36)/t19-,20-,26+,27-/m1/s1. The van der Waals surface area contributed by atoms with E-state index in [4.69, 9.17) is 28.6 Å². The second-order valence-corrected chi connectivity index (χ2v) is 10.9. The number of nitrogens with one attached hydrogen (secondary N) is 1. The topological polar surface area (TPSA) is 45.6 Å². The third kappa shape index (κ3) is 4.97. The van der Waals surface area contributed by atoms with Crippen LogP contribution in [0.2, 0.25) is 5.02 Å². The minimum atomic E-state index is -0.0999. The number of halogens is 1. The molecule has 190 valence electrons. The van der Waals surface area contributed by atoms with Gasteiger partial charge >= 0.3 is 0 Å². The van der Waals surface area contributed by atoms with E-state index in [1.807, 2.05) is 24.4 Å². The number of aromatic nitrogens is 2. The maximum atomic E-state index is 6.94. The maximum absolute atomic E-state index is 6.94. The Bertz CT molecular complexity index is 1190. The van der Waals surface area contributed by atoms with Gasteiger partial charge in [-0.15, -0.1) is 0 Å². The number of hydrogen-bond donors (Lipinski definition) is 1. The first kappa shape index (κ1) is 25.1. The van der Waals surface area contributed by atoms with E-state index >= 15 is 0 Å². The second-order valence-electron chi connectivity index (χ2n) is 10.1. The lowest BCUT2D eigenvalue weighted by Gasteiger charge is -2.37. The SMILES string of the molecule is COCCn1cccc1[C@@H]1[C@H](c2ccccn2)NC(=S)N1c1ccc(N2C[C@H](C)C[C@@H](C)C2)c(Cl)c1. The van der Waals surface area contributed by atoms with Gasteiger partial charge in [-0.05, 0) is 72.9 Å². The molecule has 0 unspecified atom stereocenters. The number of anilines is 2. The first-order valence-electron chi connectivity index (χ1n) is 12.7. The summed E-state index contributed by atoms with van der Waals surface area (Å²) in [6.07, 6.45) is 5.19. The van der Waals surface area contributed by atoms with E-state index < -0.39 is 0 Å². The van der Waals surface area contributed by atoms with Gasteiger partial charge < -0.3 is 24.4 Å². The molecule has 0 bridgehead atoms. The third-order valence-corrected chi connectivity index (χ3v) is 7.84. The van der Waals surface area contributed by atoms with Crippen molar-refractivity contribution < 1.29 is 4.74 Å². The van der Waals surface area contributed by atoms with Crippen LogP contribution in [0.15, 0.2) is 60.9 Å². The number of ether oxygens (including phenoxy) is 1. The van der Waals surface area contributed by atoms with Gasteiger partial charge in [0.15, 0.2) is 5.11 Å². The van der Waals surface area contributed by atoms with Crippen molar-refractivity contribution in [1.29, 1.82) is 0 Å². The third-order valence-electron chi connectivity index (χ3n) is 7.22. The molecule has 0 spiro atoms. The van der Waals surface area contributed by atoms with Gasteiger partial charge in [0.2, 0.25) is 0 Å². The van der Waals surface area contributed by atoms with Crippen molar-refractivity contribution in [2.45, 2.75) is 38.9 Å². The average Bonchev–Trinajstić information content (AvgIpc) is 3.46. The number of piperidine rings is 1. The largest absolute Gasteiger partial charge is 0.383 e. The molecule has 1 aromatic carbocycles. The molecule has 0 saturated carbocycles. The molecule has 2 aliphatic rings. The Kier molecular flexibility index (Phi) is 7.51. The molecule has 2 aliphatic heterocycles. The Labute approximate surface area is 224 Å². The fourth-order valence-electron chi connectivity index (χ4n) is 5.78. The van der Waals surface area contributed by atoms with Crippen LogP contribution in [0.25, 0.3) is 0 Å². The summed E-state index contributed by atoms with van der Waals surface area (Å²) < 4.78 is 7.60. The van der Waals surface area contributed by atoms with Crippen LogP contribution in [0.4, 0.5) is 11.4 Å². The summed E-state index contributed by atoms with van der Waals surface area (Å²) in [6.45, 7) is 8.10. The highest BCUT2D eigenvalue weighted by Gasteiger charge is 2.42. The zero-order chi connectivity index (χ0) is 25.2. The van der Waals surface area contributed by atoms with Gasteiger partial charge in [-0.25, -0.2) is 0 Å². The lowest BCUT2D eigenvalue weighted by Crippen LogP contribution is -2.38. The monoisotopic (exact) mass is 523 g/mol. The molecule has 2 saturated heterocycles. The molecule has 3 aromatic rings. The van der Waals surface area contributed by atoms with Crippen LogP contribution in [0.5, 0.6) is 0 Å². The molecule has 0 radical (unpaired) electrons. The van der Waals surface area contributed by atoms with Gasteiger partial charge in [0.1, 0.15) is 6.04 Å². The second kappa shape index (κ2) is 10.8. The lowest BCUT2D eigenvalue weighted by atomic mass is 9.91. The van der Waals surface area contributed by atoms with E-state index in [0.717, 1.165) is 47.4 Å². The Morgan fingerprint density at radius 3 is 2.61 bits per heavy atom. The van der Waals surface area contributed by atoms with E-state index in [0.29, 0.717) is 23.6 Å². The summed E-state index contributed by atoms with van der Waals surface area (Å²) in [6, 6.07) is 16.4. The molecule has 2 aromatic heterocycles. The van der Waals surface area contributed by atoms with Gasteiger partial charge in [-0.3, -0.25) is 4.98 Å². The van der Waals surface area contributed by atoms with Crippen LogP contribution in [0.3, 0.4) is 0 Å². The zero-order valence-electron chi connectivity index (χ0n) is 21.1. The van der Waals surface area contributed by atoms with Crippen LogP contribution in [-0.2, 0) is 11.3 Å². The predicted molar refractivity (Wildman–Crippen MR) is 151 cm³/mol. The fraction of sp³-hybridized carbons (Fsp3) is 0.429. The summed E-state index contributed by atoms with van der Waals surface area (Å²) in [5.41, 5.74) is 4.17. The molecule has 6 nitrogen and oxygen atoms in total. The molecule has 8 heteroatoms. The molecular formula is C28H34ClN5OS. The van der Waals surface area contributed by atoms with E-state index in [1.165, 1.54) is 6.42 Å². The minimum absolute atomic E-state index is 0.0868. The average molecular weight is 524 g/mol. The Balaban J connectivity index is 1.53. The Morgan fingerprint density at radius 1 is 1.11 bits per heavy atom. The predicted octanol–water partition coefficient (Wildman–Crippen LogP) is 5.84. The summed E-state index contributed by atoms with van der Waals surface area (Å²) in [7, 11) is 1.73. The van der Waals surface area contributed by atoms with Crippen LogP contribution in [0.1, 0.15) is 43.7 Å². The molecule has 4 atom stereocenters. The van der Waals surface area contributed by atoms with Crippen LogP contribution < -0.4 is 15.1 Å². The quantitative estimate of drug-likeness (QED) is 0.392. The van der Waals surface area contributed by atoms with Crippen LogP contribution in [0, 0.1) is 11.8 Å². The summed E-state index contributed by atoms with van der Waals surface area (Å²) in [5, 5.41) is 4.97. The van der Waals surface area contributed by atoms with Gasteiger partial charge in [0, 0.05) is 50.5 Å². The molecule has 36 heavy (non-hydrogen) atoms.